The normalized spacial score (nSPS) is 11.9. The lowest BCUT2D eigenvalue weighted by Crippen LogP contribution is -2.36. The van der Waals surface area contributed by atoms with Crippen molar-refractivity contribution < 1.29 is 24.6 Å². The fourth-order valence-electron chi connectivity index (χ4n) is 0.386. The Labute approximate surface area is 89.8 Å². The molecule has 9 heteroatoms. The van der Waals surface area contributed by atoms with Crippen molar-refractivity contribution in [2.75, 3.05) is 0 Å². The first-order chi connectivity index (χ1) is 7.34. The maximum Gasteiger partial charge on any atom is 0.355 e. The van der Waals surface area contributed by atoms with E-state index in [0.717, 1.165) is 13.8 Å². The number of hydrazone groups is 2. The summed E-state index contributed by atoms with van der Waals surface area (Å²) in [4.78, 5) is 31.1. The third-order valence-corrected chi connectivity index (χ3v) is 1.24. The zero-order valence-electron chi connectivity index (χ0n) is 8.44. The third-order valence-electron chi connectivity index (χ3n) is 1.24. The molecule has 0 unspecified atom stereocenters. The highest BCUT2D eigenvalue weighted by atomic mass is 16.4. The van der Waals surface area contributed by atoms with E-state index >= 15 is 0 Å². The molecule has 0 spiro atoms. The SMILES string of the molecule is C/C(=N/NC(=O)N/N=C(/C)C(=O)[O-])C(=O)[O-]. The predicted octanol–water partition coefficient (Wildman–Crippen LogP) is -3.46. The van der Waals surface area contributed by atoms with Crippen LogP contribution in [0.15, 0.2) is 10.2 Å². The highest BCUT2D eigenvalue weighted by Crippen LogP contribution is 1.75. The average molecular weight is 228 g/mol. The summed E-state index contributed by atoms with van der Waals surface area (Å²) >= 11 is 0. The topological polar surface area (TPSA) is 146 Å². The van der Waals surface area contributed by atoms with Gasteiger partial charge in [0.15, 0.2) is 0 Å². The summed E-state index contributed by atoms with van der Waals surface area (Å²) in [7, 11) is 0. The molecular weight excluding hydrogens is 220 g/mol. The van der Waals surface area contributed by atoms with Gasteiger partial charge < -0.3 is 19.8 Å². The minimum absolute atomic E-state index is 0.448. The van der Waals surface area contributed by atoms with Crippen LogP contribution in [-0.2, 0) is 9.59 Å². The first kappa shape index (κ1) is 13.5. The van der Waals surface area contributed by atoms with Gasteiger partial charge in [0, 0.05) is 0 Å². The number of carboxylic acids is 2. The zero-order chi connectivity index (χ0) is 12.7. The second kappa shape index (κ2) is 6.11. The van der Waals surface area contributed by atoms with Crippen LogP contribution in [0.4, 0.5) is 4.79 Å². The van der Waals surface area contributed by atoms with Crippen molar-refractivity contribution in [2.24, 2.45) is 10.2 Å². The van der Waals surface area contributed by atoms with E-state index in [-0.39, 0.29) is 0 Å². The molecule has 0 aliphatic rings. The number of hydrogen-bond acceptors (Lipinski definition) is 7. The molecule has 88 valence electrons. The minimum atomic E-state index is -1.55. The maximum atomic E-state index is 10.8. The smallest absolute Gasteiger partial charge is 0.355 e. The quantitative estimate of drug-likeness (QED) is 0.379. The third kappa shape index (κ3) is 5.32. The minimum Gasteiger partial charge on any atom is -0.543 e. The van der Waals surface area contributed by atoms with Gasteiger partial charge in [0.1, 0.15) is 0 Å². The Morgan fingerprint density at radius 1 is 0.875 bits per heavy atom. The Balaban J connectivity index is 4.21. The molecule has 0 aromatic heterocycles. The van der Waals surface area contributed by atoms with Gasteiger partial charge in [-0.2, -0.15) is 10.2 Å². The lowest BCUT2D eigenvalue weighted by atomic mass is 10.4. The number of urea groups is 1. The van der Waals surface area contributed by atoms with Crippen LogP contribution in [-0.4, -0.2) is 29.4 Å². The summed E-state index contributed by atoms with van der Waals surface area (Å²) in [6.45, 7) is 2.20. The molecule has 0 aliphatic carbocycles. The summed E-state index contributed by atoms with van der Waals surface area (Å²) in [6.07, 6.45) is 0. The van der Waals surface area contributed by atoms with Crippen LogP contribution in [0.5, 0.6) is 0 Å². The molecule has 0 radical (unpaired) electrons. The van der Waals surface area contributed by atoms with Gasteiger partial charge >= 0.3 is 6.03 Å². The van der Waals surface area contributed by atoms with E-state index in [1.165, 1.54) is 0 Å². The molecular formula is C7H8N4O5-2. The number of nitrogens with zero attached hydrogens (tertiary/aromatic N) is 2. The van der Waals surface area contributed by atoms with Gasteiger partial charge in [-0.1, -0.05) is 0 Å². The van der Waals surface area contributed by atoms with Crippen molar-refractivity contribution in [1.29, 1.82) is 0 Å². The number of carbonyl (C=O) groups excluding carboxylic acids is 3. The molecule has 0 aliphatic heterocycles. The van der Waals surface area contributed by atoms with E-state index in [1.807, 2.05) is 0 Å². The first-order valence-electron chi connectivity index (χ1n) is 3.92. The number of amides is 2. The summed E-state index contributed by atoms with van der Waals surface area (Å²) in [5.41, 5.74) is 2.61. The second-order valence-electron chi connectivity index (χ2n) is 2.52. The standard InChI is InChI=1S/C7H10N4O5/c1-3(5(12)13)8-10-7(16)11-9-4(2)6(14)15/h1-2H3,(H,12,13)(H,14,15)(H2,10,11,16)/p-2/b8-3-,9-4-. The monoisotopic (exact) mass is 228 g/mol. The average Bonchev–Trinajstić information content (AvgIpc) is 2.21. The molecule has 0 fully saturated rings. The molecule has 2 N–H and O–H groups in total. The predicted molar refractivity (Wildman–Crippen MR) is 47.9 cm³/mol. The van der Waals surface area contributed by atoms with Gasteiger partial charge in [-0.3, -0.25) is 0 Å². The van der Waals surface area contributed by atoms with Crippen LogP contribution in [0.3, 0.4) is 0 Å². The summed E-state index contributed by atoms with van der Waals surface area (Å²) in [5.74, 6) is -3.09. The number of nitrogens with one attached hydrogen (secondary N) is 2. The van der Waals surface area contributed by atoms with Gasteiger partial charge in [0.25, 0.3) is 0 Å². The fraction of sp³-hybridized carbons (Fsp3) is 0.286. The van der Waals surface area contributed by atoms with E-state index in [2.05, 4.69) is 10.2 Å². The lowest BCUT2D eigenvalue weighted by molar-refractivity contribution is -0.295. The highest BCUT2D eigenvalue weighted by Gasteiger charge is 1.98. The molecule has 0 aromatic carbocycles. The van der Waals surface area contributed by atoms with E-state index < -0.39 is 29.4 Å². The van der Waals surface area contributed by atoms with Crippen LogP contribution >= 0.6 is 0 Å². The van der Waals surface area contributed by atoms with Crippen LogP contribution in [0.1, 0.15) is 13.8 Å². The van der Waals surface area contributed by atoms with Crippen molar-refractivity contribution in [3.63, 3.8) is 0 Å². The van der Waals surface area contributed by atoms with Gasteiger partial charge in [0.05, 0.1) is 23.4 Å². The number of carbonyl (C=O) groups is 3. The molecule has 0 saturated heterocycles. The Morgan fingerprint density at radius 2 is 1.19 bits per heavy atom. The van der Waals surface area contributed by atoms with Crippen LogP contribution in [0, 0.1) is 0 Å². The molecule has 0 heterocycles. The zero-order valence-corrected chi connectivity index (χ0v) is 8.44. The van der Waals surface area contributed by atoms with Crippen molar-refractivity contribution in [3.05, 3.63) is 0 Å². The summed E-state index contributed by atoms with van der Waals surface area (Å²) in [5, 5.41) is 26.5. The van der Waals surface area contributed by atoms with Gasteiger partial charge in [-0.15, -0.1) is 0 Å². The summed E-state index contributed by atoms with van der Waals surface area (Å²) < 4.78 is 0. The van der Waals surface area contributed by atoms with Crippen molar-refractivity contribution in [2.45, 2.75) is 13.8 Å². The Kier molecular flexibility index (Phi) is 5.18. The first-order valence-corrected chi connectivity index (χ1v) is 3.92. The van der Waals surface area contributed by atoms with Crippen LogP contribution in [0.2, 0.25) is 0 Å². The second-order valence-corrected chi connectivity index (χ2v) is 2.52. The largest absolute Gasteiger partial charge is 0.543 e. The van der Waals surface area contributed by atoms with E-state index in [0.29, 0.717) is 0 Å². The van der Waals surface area contributed by atoms with Crippen LogP contribution in [0.25, 0.3) is 0 Å². The summed E-state index contributed by atoms with van der Waals surface area (Å²) in [6, 6.07) is -0.999. The lowest BCUT2D eigenvalue weighted by Gasteiger charge is -2.03. The number of hydrogen-bond donors (Lipinski definition) is 2. The molecule has 0 aromatic rings. The molecule has 2 amide bonds. The number of carboxylic acid groups (broad SMARTS) is 2. The molecule has 16 heavy (non-hydrogen) atoms. The van der Waals surface area contributed by atoms with Crippen molar-refractivity contribution in [3.8, 4) is 0 Å². The van der Waals surface area contributed by atoms with Crippen LogP contribution < -0.4 is 21.1 Å². The Hall–Kier alpha value is -2.45. The van der Waals surface area contributed by atoms with E-state index in [4.69, 9.17) is 0 Å². The van der Waals surface area contributed by atoms with Gasteiger partial charge in [-0.05, 0) is 13.8 Å². The van der Waals surface area contributed by atoms with Gasteiger partial charge in [0.2, 0.25) is 0 Å². The van der Waals surface area contributed by atoms with Gasteiger partial charge in [-0.25, -0.2) is 15.6 Å². The Morgan fingerprint density at radius 3 is 1.44 bits per heavy atom. The molecule has 9 nitrogen and oxygen atoms in total. The van der Waals surface area contributed by atoms with Crippen molar-refractivity contribution in [1.82, 2.24) is 10.9 Å². The Bertz CT molecular complexity index is 339. The maximum absolute atomic E-state index is 10.8. The van der Waals surface area contributed by atoms with E-state index in [9.17, 15) is 24.6 Å². The van der Waals surface area contributed by atoms with E-state index in [1.54, 1.807) is 10.9 Å². The molecule has 0 atom stereocenters. The molecule has 0 rings (SSSR count). The highest BCUT2D eigenvalue weighted by molar-refractivity contribution is 6.34. The fourth-order valence-corrected chi connectivity index (χ4v) is 0.386. The number of rotatable bonds is 4. The van der Waals surface area contributed by atoms with Crippen molar-refractivity contribution >= 4 is 29.4 Å². The number of aliphatic carboxylic acids is 2. The molecule has 0 bridgehead atoms. The molecule has 0 saturated carbocycles.